The van der Waals surface area contributed by atoms with Crippen molar-refractivity contribution in [2.24, 2.45) is 5.92 Å². The number of nitrogens with zero attached hydrogens (tertiary/aromatic N) is 1. The lowest BCUT2D eigenvalue weighted by Crippen LogP contribution is -2.43. The topological polar surface area (TPSA) is 49.8 Å². The molecular weight excluding hydrogens is 194 g/mol. The number of rotatable bonds is 1. The fourth-order valence-electron chi connectivity index (χ4n) is 2.32. The summed E-state index contributed by atoms with van der Waals surface area (Å²) in [4.78, 5) is 13.6. The van der Waals surface area contributed by atoms with Crippen LogP contribution in [0.1, 0.15) is 33.6 Å². The predicted octanol–water partition coefficient (Wildman–Crippen LogP) is 1.38. The number of aliphatic hydroxyl groups excluding tert-OH is 1. The molecule has 0 bridgehead atoms. The van der Waals surface area contributed by atoms with Gasteiger partial charge < -0.3 is 9.84 Å². The second-order valence-electron chi connectivity index (χ2n) is 5.52. The van der Waals surface area contributed by atoms with Gasteiger partial charge in [0, 0.05) is 6.04 Å². The number of carbonyl (C=O) groups is 1. The van der Waals surface area contributed by atoms with Gasteiger partial charge in [0.05, 0.1) is 12.6 Å². The van der Waals surface area contributed by atoms with Crippen LogP contribution in [0.5, 0.6) is 0 Å². The third-order valence-electron chi connectivity index (χ3n) is 3.03. The second kappa shape index (κ2) is 3.37. The molecule has 0 radical (unpaired) electrons. The molecule has 1 heterocycles. The highest BCUT2D eigenvalue weighted by Gasteiger charge is 2.54. The van der Waals surface area contributed by atoms with Crippen molar-refractivity contribution in [3.8, 4) is 0 Å². The van der Waals surface area contributed by atoms with Crippen molar-refractivity contribution in [2.75, 3.05) is 6.61 Å². The van der Waals surface area contributed by atoms with Crippen LogP contribution < -0.4 is 0 Å². The summed E-state index contributed by atoms with van der Waals surface area (Å²) in [7, 11) is 0. The summed E-state index contributed by atoms with van der Waals surface area (Å²) in [6.07, 6.45) is 1.74. The number of fused-ring (bicyclic) bond motifs is 1. The third-order valence-corrected chi connectivity index (χ3v) is 3.03. The first-order valence-electron chi connectivity index (χ1n) is 5.54. The van der Waals surface area contributed by atoms with E-state index in [1.165, 1.54) is 0 Å². The average molecular weight is 213 g/mol. The first kappa shape index (κ1) is 10.7. The highest BCUT2D eigenvalue weighted by Crippen LogP contribution is 2.48. The van der Waals surface area contributed by atoms with Crippen LogP contribution in [0.2, 0.25) is 0 Å². The van der Waals surface area contributed by atoms with Crippen molar-refractivity contribution in [2.45, 2.75) is 51.3 Å². The molecule has 0 spiro atoms. The first-order valence-corrected chi connectivity index (χ1v) is 5.54. The summed E-state index contributed by atoms with van der Waals surface area (Å²) >= 11 is 0. The predicted molar refractivity (Wildman–Crippen MR) is 55.5 cm³/mol. The zero-order valence-corrected chi connectivity index (χ0v) is 9.56. The molecule has 1 saturated carbocycles. The summed E-state index contributed by atoms with van der Waals surface area (Å²) in [6.45, 7) is 5.63. The summed E-state index contributed by atoms with van der Waals surface area (Å²) in [5, 5.41) is 9.17. The lowest BCUT2D eigenvalue weighted by atomic mass is 10.2. The Hall–Kier alpha value is -0.770. The number of carbonyl (C=O) groups excluding carboxylic acids is 1. The van der Waals surface area contributed by atoms with E-state index < -0.39 is 5.60 Å². The minimum Gasteiger partial charge on any atom is -0.444 e. The maximum atomic E-state index is 11.9. The quantitative estimate of drug-likeness (QED) is 0.715. The summed E-state index contributed by atoms with van der Waals surface area (Å²) in [6, 6.07) is 0.306. The molecule has 3 atom stereocenters. The molecule has 0 aromatic heterocycles. The Morgan fingerprint density at radius 1 is 1.47 bits per heavy atom. The van der Waals surface area contributed by atoms with Crippen molar-refractivity contribution in [1.29, 1.82) is 0 Å². The molecule has 4 heteroatoms. The van der Waals surface area contributed by atoms with E-state index in [9.17, 15) is 9.90 Å². The minimum atomic E-state index is -0.454. The molecule has 2 rings (SSSR count). The van der Waals surface area contributed by atoms with Crippen LogP contribution in [0.3, 0.4) is 0 Å². The molecule has 1 amide bonds. The molecule has 1 aliphatic heterocycles. The molecule has 86 valence electrons. The fourth-order valence-corrected chi connectivity index (χ4v) is 2.32. The van der Waals surface area contributed by atoms with Gasteiger partial charge in [-0.25, -0.2) is 4.79 Å². The van der Waals surface area contributed by atoms with E-state index in [-0.39, 0.29) is 18.7 Å². The first-order chi connectivity index (χ1) is 6.92. The van der Waals surface area contributed by atoms with Gasteiger partial charge in [0.2, 0.25) is 0 Å². The Kier molecular flexibility index (Phi) is 2.41. The summed E-state index contributed by atoms with van der Waals surface area (Å²) in [5.41, 5.74) is -0.454. The SMILES string of the molecule is CC(C)(C)OC(=O)N1[C@H](CO)CC2C[C@@H]21. The highest BCUT2D eigenvalue weighted by atomic mass is 16.6. The maximum Gasteiger partial charge on any atom is 0.410 e. The molecule has 2 fully saturated rings. The zero-order chi connectivity index (χ0) is 11.2. The van der Waals surface area contributed by atoms with E-state index in [4.69, 9.17) is 4.74 Å². The van der Waals surface area contributed by atoms with Crippen molar-refractivity contribution < 1.29 is 14.6 Å². The molecule has 1 N–H and O–H groups in total. The van der Waals surface area contributed by atoms with E-state index in [1.54, 1.807) is 4.90 Å². The van der Waals surface area contributed by atoms with Gasteiger partial charge in [-0.05, 0) is 39.5 Å². The summed E-state index contributed by atoms with van der Waals surface area (Å²) in [5.74, 6) is 0.606. The normalized spacial score (nSPS) is 33.9. The molecule has 1 unspecified atom stereocenters. The van der Waals surface area contributed by atoms with Crippen molar-refractivity contribution in [1.82, 2.24) is 4.90 Å². The van der Waals surface area contributed by atoms with Gasteiger partial charge in [0.1, 0.15) is 5.60 Å². The number of ether oxygens (including phenoxy) is 1. The van der Waals surface area contributed by atoms with Gasteiger partial charge in [-0.3, -0.25) is 4.90 Å². The van der Waals surface area contributed by atoms with Gasteiger partial charge in [-0.2, -0.15) is 0 Å². The van der Waals surface area contributed by atoms with Crippen LogP contribution in [-0.2, 0) is 4.74 Å². The van der Waals surface area contributed by atoms with E-state index in [1.807, 2.05) is 20.8 Å². The largest absolute Gasteiger partial charge is 0.444 e. The van der Waals surface area contributed by atoms with Crippen LogP contribution in [-0.4, -0.2) is 40.4 Å². The Bertz CT molecular complexity index is 271. The molecule has 0 aromatic rings. The Morgan fingerprint density at radius 3 is 2.67 bits per heavy atom. The lowest BCUT2D eigenvalue weighted by molar-refractivity contribution is 0.0126. The number of hydrogen-bond acceptors (Lipinski definition) is 3. The van der Waals surface area contributed by atoms with Crippen molar-refractivity contribution in [3.63, 3.8) is 0 Å². The van der Waals surface area contributed by atoms with Crippen LogP contribution in [0.25, 0.3) is 0 Å². The molecule has 15 heavy (non-hydrogen) atoms. The molecule has 1 saturated heterocycles. The van der Waals surface area contributed by atoms with Crippen LogP contribution in [0.4, 0.5) is 4.79 Å². The molecule has 0 aromatic carbocycles. The van der Waals surface area contributed by atoms with E-state index >= 15 is 0 Å². The van der Waals surface area contributed by atoms with E-state index in [2.05, 4.69) is 0 Å². The van der Waals surface area contributed by atoms with Gasteiger partial charge >= 0.3 is 6.09 Å². The van der Waals surface area contributed by atoms with Crippen molar-refractivity contribution >= 4 is 6.09 Å². The second-order valence-corrected chi connectivity index (χ2v) is 5.52. The van der Waals surface area contributed by atoms with Gasteiger partial charge in [-0.15, -0.1) is 0 Å². The minimum absolute atomic E-state index is 0.0244. The number of piperidine rings is 1. The van der Waals surface area contributed by atoms with Gasteiger partial charge in [-0.1, -0.05) is 0 Å². The molecule has 4 nitrogen and oxygen atoms in total. The number of hydrogen-bond donors (Lipinski definition) is 1. The van der Waals surface area contributed by atoms with Crippen LogP contribution in [0, 0.1) is 5.92 Å². The smallest absolute Gasteiger partial charge is 0.410 e. The van der Waals surface area contributed by atoms with Gasteiger partial charge in [0.15, 0.2) is 0 Å². The van der Waals surface area contributed by atoms with E-state index in [0.29, 0.717) is 12.0 Å². The fraction of sp³-hybridized carbons (Fsp3) is 0.909. The zero-order valence-electron chi connectivity index (χ0n) is 9.56. The standard InChI is InChI=1S/C11H19NO3/c1-11(2,3)15-10(14)12-8(6-13)4-7-5-9(7)12/h7-9,13H,4-6H2,1-3H3/t7?,8-,9-/m0/s1. The third kappa shape index (κ3) is 2.09. The monoisotopic (exact) mass is 213 g/mol. The van der Waals surface area contributed by atoms with Crippen LogP contribution >= 0.6 is 0 Å². The highest BCUT2D eigenvalue weighted by molar-refractivity contribution is 5.70. The Labute approximate surface area is 90.2 Å². The number of aliphatic hydroxyl groups is 1. The number of likely N-dealkylation sites (tertiary alicyclic amines) is 1. The Morgan fingerprint density at radius 2 is 2.13 bits per heavy atom. The number of amides is 1. The molecule has 2 aliphatic rings. The molecule has 1 aliphatic carbocycles. The summed E-state index contributed by atoms with van der Waals surface area (Å²) < 4.78 is 5.33. The van der Waals surface area contributed by atoms with E-state index in [0.717, 1.165) is 12.8 Å². The van der Waals surface area contributed by atoms with Crippen LogP contribution in [0.15, 0.2) is 0 Å². The maximum absolute atomic E-state index is 11.9. The lowest BCUT2D eigenvalue weighted by Gasteiger charge is -2.29. The Balaban J connectivity index is 1.99. The average Bonchev–Trinajstić information content (AvgIpc) is 2.73. The van der Waals surface area contributed by atoms with Crippen molar-refractivity contribution in [3.05, 3.63) is 0 Å². The van der Waals surface area contributed by atoms with Gasteiger partial charge in [0.25, 0.3) is 0 Å². The molecular formula is C11H19NO3.